The Labute approximate surface area is 130 Å². The Bertz CT molecular complexity index is 690. The molecule has 0 spiro atoms. The maximum atomic E-state index is 13.6. The first-order valence-corrected chi connectivity index (χ1v) is 7.45. The van der Waals surface area contributed by atoms with Crippen LogP contribution in [0.5, 0.6) is 5.75 Å². The molecule has 0 aliphatic carbocycles. The highest BCUT2D eigenvalue weighted by atomic mass is 19.1. The number of hydrogen-bond donors (Lipinski definition) is 0. The van der Waals surface area contributed by atoms with Crippen LogP contribution in [-0.4, -0.2) is 36.3 Å². The van der Waals surface area contributed by atoms with Gasteiger partial charge in [-0.15, -0.1) is 0 Å². The number of ether oxygens (including phenoxy) is 1. The molecular formula is C17H20FN3O. The maximum Gasteiger partial charge on any atom is 0.140 e. The molecule has 2 heterocycles. The fourth-order valence-electron chi connectivity index (χ4n) is 2.97. The second-order valence-corrected chi connectivity index (χ2v) is 5.67. The van der Waals surface area contributed by atoms with Crippen molar-refractivity contribution in [2.45, 2.75) is 26.4 Å². The van der Waals surface area contributed by atoms with E-state index in [1.165, 1.54) is 0 Å². The lowest BCUT2D eigenvalue weighted by Crippen LogP contribution is -2.22. The zero-order valence-electron chi connectivity index (χ0n) is 13.1. The second kappa shape index (κ2) is 5.91. The van der Waals surface area contributed by atoms with Gasteiger partial charge in [0.05, 0.1) is 19.3 Å². The van der Waals surface area contributed by atoms with Gasteiger partial charge < -0.3 is 9.64 Å². The number of anilines is 1. The smallest absolute Gasteiger partial charge is 0.140 e. The molecule has 0 amide bonds. The first kappa shape index (κ1) is 14.8. The van der Waals surface area contributed by atoms with Gasteiger partial charge in [0.1, 0.15) is 24.1 Å². The molecule has 4 nitrogen and oxygen atoms in total. The van der Waals surface area contributed by atoms with E-state index in [1.54, 1.807) is 13.4 Å². The highest BCUT2D eigenvalue weighted by Gasteiger charge is 2.26. The van der Waals surface area contributed by atoms with Crippen molar-refractivity contribution in [1.82, 2.24) is 9.97 Å². The van der Waals surface area contributed by atoms with Gasteiger partial charge in [-0.05, 0) is 43.5 Å². The lowest BCUT2D eigenvalue weighted by atomic mass is 9.99. The van der Waals surface area contributed by atoms with Crippen LogP contribution in [0.1, 0.15) is 17.7 Å². The molecule has 1 aromatic carbocycles. The zero-order chi connectivity index (χ0) is 15.7. The number of nitrogens with zero attached hydrogens (tertiary/aromatic N) is 3. The van der Waals surface area contributed by atoms with Gasteiger partial charge in [0, 0.05) is 12.1 Å². The highest BCUT2D eigenvalue weighted by Crippen LogP contribution is 2.36. The number of aryl methyl sites for hydroxylation is 2. The maximum absolute atomic E-state index is 13.6. The van der Waals surface area contributed by atoms with Gasteiger partial charge in [-0.1, -0.05) is 6.07 Å². The Hall–Kier alpha value is -2.17. The molecule has 0 unspecified atom stereocenters. The normalized spacial score (nSPS) is 17.8. The summed E-state index contributed by atoms with van der Waals surface area (Å²) in [6.07, 6.45) is 1.34. The van der Waals surface area contributed by atoms with Crippen LogP contribution in [0.4, 0.5) is 10.2 Å². The summed E-state index contributed by atoms with van der Waals surface area (Å²) in [6.45, 7) is 5.10. The monoisotopic (exact) mass is 301 g/mol. The molecule has 1 aliphatic rings. The van der Waals surface area contributed by atoms with E-state index in [0.29, 0.717) is 19.5 Å². The van der Waals surface area contributed by atoms with E-state index in [4.69, 9.17) is 4.74 Å². The Morgan fingerprint density at radius 3 is 2.73 bits per heavy atom. The van der Waals surface area contributed by atoms with E-state index < -0.39 is 6.17 Å². The van der Waals surface area contributed by atoms with Crippen molar-refractivity contribution >= 4 is 5.82 Å². The van der Waals surface area contributed by atoms with Crippen molar-refractivity contribution in [2.75, 3.05) is 25.1 Å². The number of halogens is 1. The summed E-state index contributed by atoms with van der Waals surface area (Å²) >= 11 is 0. The first-order chi connectivity index (χ1) is 10.6. The Balaban J connectivity index is 2.10. The fourth-order valence-corrected chi connectivity index (χ4v) is 2.97. The molecule has 0 radical (unpaired) electrons. The van der Waals surface area contributed by atoms with Crippen LogP contribution in [0.15, 0.2) is 24.5 Å². The van der Waals surface area contributed by atoms with Crippen LogP contribution in [-0.2, 0) is 0 Å². The standard InChI is InChI=1S/C17H20FN3O/c1-11-8-14(22-3)4-5-15(11)16-12(2)19-10-20-17(16)21-7-6-13(18)9-21/h4-5,8,10,13H,6-7,9H2,1-3H3/t13-/m1/s1. The molecule has 1 aliphatic heterocycles. The zero-order valence-corrected chi connectivity index (χ0v) is 13.1. The summed E-state index contributed by atoms with van der Waals surface area (Å²) in [5, 5.41) is 0. The summed E-state index contributed by atoms with van der Waals surface area (Å²) < 4.78 is 18.8. The lowest BCUT2D eigenvalue weighted by Gasteiger charge is -2.22. The van der Waals surface area contributed by atoms with Crippen LogP contribution in [0, 0.1) is 13.8 Å². The average molecular weight is 301 g/mol. The number of benzene rings is 1. The number of methoxy groups -OCH3 is 1. The molecular weight excluding hydrogens is 281 g/mol. The minimum absolute atomic E-state index is 0.401. The SMILES string of the molecule is COc1ccc(-c2c(C)ncnc2N2CC[C@@H](F)C2)c(C)c1. The molecule has 0 bridgehead atoms. The van der Waals surface area contributed by atoms with Crippen molar-refractivity contribution in [2.24, 2.45) is 0 Å². The van der Waals surface area contributed by atoms with Gasteiger partial charge in [0.2, 0.25) is 0 Å². The van der Waals surface area contributed by atoms with Crippen LogP contribution in [0.25, 0.3) is 11.1 Å². The third-order valence-corrected chi connectivity index (χ3v) is 4.15. The number of alkyl halides is 1. The van der Waals surface area contributed by atoms with Gasteiger partial charge >= 0.3 is 0 Å². The van der Waals surface area contributed by atoms with Gasteiger partial charge in [-0.2, -0.15) is 0 Å². The number of aromatic nitrogens is 2. The number of hydrogen-bond acceptors (Lipinski definition) is 4. The minimum Gasteiger partial charge on any atom is -0.497 e. The van der Waals surface area contributed by atoms with Crippen molar-refractivity contribution in [3.8, 4) is 16.9 Å². The predicted octanol–water partition coefficient (Wildman–Crippen LogP) is 3.32. The molecule has 1 saturated heterocycles. The predicted molar refractivity (Wildman–Crippen MR) is 85.2 cm³/mol. The van der Waals surface area contributed by atoms with Crippen molar-refractivity contribution in [3.05, 3.63) is 35.8 Å². The van der Waals surface area contributed by atoms with Crippen molar-refractivity contribution in [1.29, 1.82) is 0 Å². The molecule has 3 rings (SSSR count). The summed E-state index contributed by atoms with van der Waals surface area (Å²) in [5.41, 5.74) is 4.04. The van der Waals surface area contributed by atoms with E-state index in [-0.39, 0.29) is 0 Å². The van der Waals surface area contributed by atoms with Crippen LogP contribution >= 0.6 is 0 Å². The van der Waals surface area contributed by atoms with E-state index in [9.17, 15) is 4.39 Å². The van der Waals surface area contributed by atoms with E-state index in [1.807, 2.05) is 36.9 Å². The summed E-state index contributed by atoms with van der Waals surface area (Å²) in [4.78, 5) is 10.8. The van der Waals surface area contributed by atoms with Gasteiger partial charge in [0.15, 0.2) is 0 Å². The molecule has 1 aromatic heterocycles. The van der Waals surface area contributed by atoms with Crippen LogP contribution < -0.4 is 9.64 Å². The Morgan fingerprint density at radius 2 is 2.09 bits per heavy atom. The molecule has 5 heteroatoms. The topological polar surface area (TPSA) is 38.3 Å². The Kier molecular flexibility index (Phi) is 3.96. The third kappa shape index (κ3) is 2.63. The lowest BCUT2D eigenvalue weighted by molar-refractivity contribution is 0.364. The van der Waals surface area contributed by atoms with E-state index in [2.05, 4.69) is 9.97 Å². The third-order valence-electron chi connectivity index (χ3n) is 4.15. The molecule has 116 valence electrons. The summed E-state index contributed by atoms with van der Waals surface area (Å²) in [7, 11) is 1.66. The summed E-state index contributed by atoms with van der Waals surface area (Å²) in [5.74, 6) is 1.64. The molecule has 1 fully saturated rings. The largest absolute Gasteiger partial charge is 0.497 e. The molecule has 1 atom stereocenters. The molecule has 0 N–H and O–H groups in total. The molecule has 0 saturated carbocycles. The second-order valence-electron chi connectivity index (χ2n) is 5.67. The van der Waals surface area contributed by atoms with Gasteiger partial charge in [0.25, 0.3) is 0 Å². The van der Waals surface area contributed by atoms with E-state index in [0.717, 1.165) is 34.0 Å². The summed E-state index contributed by atoms with van der Waals surface area (Å²) in [6, 6.07) is 5.94. The number of rotatable bonds is 3. The van der Waals surface area contributed by atoms with Crippen LogP contribution in [0.3, 0.4) is 0 Å². The fraction of sp³-hybridized carbons (Fsp3) is 0.412. The quantitative estimate of drug-likeness (QED) is 0.871. The minimum atomic E-state index is -0.778. The van der Waals surface area contributed by atoms with Crippen molar-refractivity contribution in [3.63, 3.8) is 0 Å². The van der Waals surface area contributed by atoms with E-state index >= 15 is 0 Å². The van der Waals surface area contributed by atoms with Crippen molar-refractivity contribution < 1.29 is 9.13 Å². The van der Waals surface area contributed by atoms with Crippen LogP contribution in [0.2, 0.25) is 0 Å². The molecule has 2 aromatic rings. The first-order valence-electron chi connectivity index (χ1n) is 7.45. The Morgan fingerprint density at radius 1 is 1.27 bits per heavy atom. The van der Waals surface area contributed by atoms with Gasteiger partial charge in [-0.3, -0.25) is 0 Å². The van der Waals surface area contributed by atoms with Gasteiger partial charge in [-0.25, -0.2) is 14.4 Å². The average Bonchev–Trinajstić information content (AvgIpc) is 2.94. The highest BCUT2D eigenvalue weighted by molar-refractivity contribution is 5.80. The molecule has 22 heavy (non-hydrogen) atoms.